The van der Waals surface area contributed by atoms with Gasteiger partial charge in [-0.3, -0.25) is 14.9 Å². The lowest BCUT2D eigenvalue weighted by atomic mass is 10.3. The first-order chi connectivity index (χ1) is 13.9. The molecule has 1 aromatic heterocycles. The highest BCUT2D eigenvalue weighted by Gasteiger charge is 2.15. The van der Waals surface area contributed by atoms with Crippen LogP contribution in [0, 0.1) is 22.9 Å². The van der Waals surface area contributed by atoms with Gasteiger partial charge in [-0.15, -0.1) is 0 Å². The van der Waals surface area contributed by atoms with Gasteiger partial charge in [0.05, 0.1) is 29.5 Å². The lowest BCUT2D eigenvalue weighted by Gasteiger charge is -2.11. The number of nitrogens with one attached hydrogen (secondary N) is 1. The number of non-ortho nitro benzene ring substituents is 1. The fraction of sp³-hybridized carbons (Fsp3) is 0.158. The molecule has 9 nitrogen and oxygen atoms in total. The number of anilines is 1. The summed E-state index contributed by atoms with van der Waals surface area (Å²) in [6.45, 7) is 1.34. The number of nitro benzene ring substituents is 1. The zero-order valence-electron chi connectivity index (χ0n) is 15.6. The topological polar surface area (TPSA) is 109 Å². The summed E-state index contributed by atoms with van der Waals surface area (Å²) in [7, 11) is 1.39. The van der Waals surface area contributed by atoms with Crippen molar-refractivity contribution in [3.63, 3.8) is 0 Å². The predicted molar refractivity (Wildman–Crippen MR) is 102 cm³/mol. The molecule has 0 aliphatic rings. The highest BCUT2D eigenvalue weighted by Crippen LogP contribution is 2.31. The molecule has 0 saturated heterocycles. The molecule has 0 aliphatic heterocycles. The standard InChI is InChI=1S/C19H17FN4O5/c1-12-9-18(23(22-12)14-5-3-13(20)4-6-14)21-19(25)11-29-17-10-15(24(26)27)7-8-16(17)28-2/h3-10H,11H2,1-2H3,(H,21,25). The molecule has 1 N–H and O–H groups in total. The van der Waals surface area contributed by atoms with E-state index in [1.54, 1.807) is 13.0 Å². The van der Waals surface area contributed by atoms with E-state index in [1.165, 1.54) is 54.3 Å². The molecule has 0 saturated carbocycles. The Kier molecular flexibility index (Phi) is 5.72. The summed E-state index contributed by atoms with van der Waals surface area (Å²) in [6, 6.07) is 11.1. The summed E-state index contributed by atoms with van der Waals surface area (Å²) >= 11 is 0. The minimum absolute atomic E-state index is 0.0695. The number of aromatic nitrogens is 2. The molecule has 0 unspecified atom stereocenters. The number of amides is 1. The van der Waals surface area contributed by atoms with E-state index in [1.807, 2.05) is 0 Å². The van der Waals surface area contributed by atoms with Crippen LogP contribution in [-0.2, 0) is 4.79 Å². The third-order valence-corrected chi connectivity index (χ3v) is 3.89. The molecule has 0 fully saturated rings. The lowest BCUT2D eigenvalue weighted by Crippen LogP contribution is -2.22. The quantitative estimate of drug-likeness (QED) is 0.482. The number of methoxy groups -OCH3 is 1. The van der Waals surface area contributed by atoms with E-state index in [-0.39, 0.29) is 23.0 Å². The van der Waals surface area contributed by atoms with Crippen molar-refractivity contribution in [3.05, 3.63) is 70.2 Å². The Hall–Kier alpha value is -3.95. The molecule has 0 aliphatic carbocycles. The molecule has 0 spiro atoms. The Morgan fingerprint density at radius 1 is 1.21 bits per heavy atom. The minimum Gasteiger partial charge on any atom is -0.493 e. The van der Waals surface area contributed by atoms with Gasteiger partial charge in [0.15, 0.2) is 18.1 Å². The van der Waals surface area contributed by atoms with E-state index >= 15 is 0 Å². The Morgan fingerprint density at radius 3 is 2.59 bits per heavy atom. The molecule has 1 heterocycles. The Bertz CT molecular complexity index is 1050. The second-order valence-corrected chi connectivity index (χ2v) is 5.99. The van der Waals surface area contributed by atoms with Crippen molar-refractivity contribution in [1.29, 1.82) is 0 Å². The van der Waals surface area contributed by atoms with Crippen LogP contribution in [0.25, 0.3) is 5.69 Å². The number of ether oxygens (including phenoxy) is 2. The SMILES string of the molecule is COc1ccc([N+](=O)[O-])cc1OCC(=O)Nc1cc(C)nn1-c1ccc(F)cc1. The maximum atomic E-state index is 13.2. The molecular formula is C19H17FN4O5. The van der Waals surface area contributed by atoms with Crippen molar-refractivity contribution in [2.75, 3.05) is 19.0 Å². The first kappa shape index (κ1) is 19.8. The van der Waals surface area contributed by atoms with Crippen LogP contribution in [0.1, 0.15) is 5.69 Å². The van der Waals surface area contributed by atoms with Gasteiger partial charge in [-0.25, -0.2) is 9.07 Å². The molecule has 0 atom stereocenters. The van der Waals surface area contributed by atoms with Crippen LogP contribution in [-0.4, -0.2) is 34.3 Å². The van der Waals surface area contributed by atoms with E-state index < -0.39 is 17.4 Å². The van der Waals surface area contributed by atoms with Gasteiger partial charge in [0.25, 0.3) is 11.6 Å². The van der Waals surface area contributed by atoms with Gasteiger partial charge < -0.3 is 14.8 Å². The van der Waals surface area contributed by atoms with Gasteiger partial charge in [-0.1, -0.05) is 0 Å². The van der Waals surface area contributed by atoms with Gasteiger partial charge in [-0.2, -0.15) is 5.10 Å². The second kappa shape index (κ2) is 8.38. The molecule has 150 valence electrons. The third-order valence-electron chi connectivity index (χ3n) is 3.89. The molecule has 1 amide bonds. The molecule has 29 heavy (non-hydrogen) atoms. The minimum atomic E-state index is -0.573. The summed E-state index contributed by atoms with van der Waals surface area (Å²) in [5, 5.41) is 17.9. The van der Waals surface area contributed by atoms with Crippen LogP contribution in [0.15, 0.2) is 48.5 Å². The van der Waals surface area contributed by atoms with E-state index in [9.17, 15) is 19.3 Å². The molecule has 3 aromatic rings. The van der Waals surface area contributed by atoms with Crippen molar-refractivity contribution in [2.24, 2.45) is 0 Å². The number of carbonyl (C=O) groups is 1. The van der Waals surface area contributed by atoms with E-state index in [2.05, 4.69) is 10.4 Å². The Balaban J connectivity index is 1.73. The predicted octanol–water partition coefficient (Wildman–Crippen LogP) is 3.25. The van der Waals surface area contributed by atoms with E-state index in [0.717, 1.165) is 0 Å². The molecular weight excluding hydrogens is 383 g/mol. The molecule has 2 aromatic carbocycles. The van der Waals surface area contributed by atoms with Gasteiger partial charge >= 0.3 is 0 Å². The van der Waals surface area contributed by atoms with Crippen LogP contribution in [0.4, 0.5) is 15.9 Å². The van der Waals surface area contributed by atoms with Gasteiger partial charge in [-0.05, 0) is 37.3 Å². The largest absolute Gasteiger partial charge is 0.493 e. The summed E-state index contributed by atoms with van der Waals surface area (Å²) in [5.41, 5.74) is 1.02. The Labute approximate surface area is 164 Å². The van der Waals surface area contributed by atoms with Crippen molar-refractivity contribution in [2.45, 2.75) is 6.92 Å². The van der Waals surface area contributed by atoms with E-state index in [0.29, 0.717) is 17.2 Å². The zero-order valence-corrected chi connectivity index (χ0v) is 15.6. The summed E-state index contributed by atoms with van der Waals surface area (Å²) < 4.78 is 25.1. The van der Waals surface area contributed by atoms with Crippen LogP contribution >= 0.6 is 0 Å². The van der Waals surface area contributed by atoms with E-state index in [4.69, 9.17) is 9.47 Å². The number of nitrogens with zero attached hydrogens (tertiary/aromatic N) is 3. The van der Waals surface area contributed by atoms with Crippen molar-refractivity contribution in [1.82, 2.24) is 9.78 Å². The number of aryl methyl sites for hydroxylation is 1. The number of hydrogen-bond donors (Lipinski definition) is 1. The average molecular weight is 400 g/mol. The lowest BCUT2D eigenvalue weighted by molar-refractivity contribution is -0.385. The summed E-state index contributed by atoms with van der Waals surface area (Å²) in [4.78, 5) is 22.7. The number of halogens is 1. The molecule has 0 radical (unpaired) electrons. The number of rotatable bonds is 7. The number of benzene rings is 2. The maximum absolute atomic E-state index is 13.2. The number of nitro groups is 1. The van der Waals surface area contributed by atoms with Gasteiger partial charge in [0.2, 0.25) is 0 Å². The fourth-order valence-electron chi connectivity index (χ4n) is 2.58. The second-order valence-electron chi connectivity index (χ2n) is 5.99. The maximum Gasteiger partial charge on any atom is 0.273 e. The highest BCUT2D eigenvalue weighted by molar-refractivity contribution is 5.91. The van der Waals surface area contributed by atoms with Gasteiger partial charge in [0, 0.05) is 12.1 Å². The monoisotopic (exact) mass is 400 g/mol. The third kappa shape index (κ3) is 4.67. The van der Waals surface area contributed by atoms with Crippen molar-refractivity contribution >= 4 is 17.4 Å². The average Bonchev–Trinajstić information content (AvgIpc) is 3.06. The molecule has 0 bridgehead atoms. The molecule has 3 rings (SSSR count). The normalized spacial score (nSPS) is 10.4. The number of carbonyl (C=O) groups excluding carboxylic acids is 1. The summed E-state index contributed by atoms with van der Waals surface area (Å²) in [6.07, 6.45) is 0. The first-order valence-electron chi connectivity index (χ1n) is 8.45. The Morgan fingerprint density at radius 2 is 1.93 bits per heavy atom. The number of hydrogen-bond acceptors (Lipinski definition) is 6. The van der Waals surface area contributed by atoms with Gasteiger partial charge in [0.1, 0.15) is 11.6 Å². The highest BCUT2D eigenvalue weighted by atomic mass is 19.1. The van der Waals surface area contributed by atoms with Crippen LogP contribution in [0.2, 0.25) is 0 Å². The molecule has 10 heteroatoms. The first-order valence-corrected chi connectivity index (χ1v) is 8.45. The summed E-state index contributed by atoms with van der Waals surface area (Å²) in [5.74, 6) is -0.200. The van der Waals surface area contributed by atoms with Crippen LogP contribution in [0.3, 0.4) is 0 Å². The van der Waals surface area contributed by atoms with Crippen molar-refractivity contribution < 1.29 is 23.6 Å². The fourth-order valence-corrected chi connectivity index (χ4v) is 2.58. The smallest absolute Gasteiger partial charge is 0.273 e. The van der Waals surface area contributed by atoms with Crippen molar-refractivity contribution in [3.8, 4) is 17.2 Å². The van der Waals surface area contributed by atoms with Crippen LogP contribution < -0.4 is 14.8 Å². The zero-order chi connectivity index (χ0) is 21.0. The van der Waals surface area contributed by atoms with Crippen LogP contribution in [0.5, 0.6) is 11.5 Å².